The Morgan fingerprint density at radius 1 is 1.14 bits per heavy atom. The first-order valence-corrected chi connectivity index (χ1v) is 9.79. The number of rotatable bonds is 2. The van der Waals surface area contributed by atoms with Crippen molar-refractivity contribution in [3.8, 4) is 0 Å². The van der Waals surface area contributed by atoms with Gasteiger partial charge in [-0.2, -0.15) is 18.3 Å². The zero-order valence-corrected chi connectivity index (χ0v) is 16.1. The van der Waals surface area contributed by atoms with Crippen molar-refractivity contribution in [1.82, 2.24) is 14.7 Å². The highest BCUT2D eigenvalue weighted by atomic mass is 35.5. The van der Waals surface area contributed by atoms with Gasteiger partial charge in [-0.15, -0.1) is 0 Å². The monoisotopic (exact) mass is 430 g/mol. The van der Waals surface area contributed by atoms with Crippen molar-refractivity contribution in [3.05, 3.63) is 46.4 Å². The SMILES string of the molecule is O=C(c1nn2c(c1Cl)N[C@@H](c1ccc(F)cc1)C[C@@H]2C(F)(F)F)N1CCCCC1. The minimum absolute atomic E-state index is 0.0464. The molecule has 1 aromatic carbocycles. The molecule has 0 bridgehead atoms. The van der Waals surface area contributed by atoms with Crippen LogP contribution in [0.1, 0.15) is 53.8 Å². The number of hydrogen-bond donors (Lipinski definition) is 1. The summed E-state index contributed by atoms with van der Waals surface area (Å²) in [6.45, 7) is 1.07. The van der Waals surface area contributed by atoms with Crippen molar-refractivity contribution in [1.29, 1.82) is 0 Å². The Morgan fingerprint density at radius 3 is 2.41 bits per heavy atom. The summed E-state index contributed by atoms with van der Waals surface area (Å²) in [6, 6.07) is 2.55. The number of anilines is 1. The van der Waals surface area contributed by atoms with Crippen LogP contribution in [0, 0.1) is 5.82 Å². The van der Waals surface area contributed by atoms with Crippen LogP contribution in [0.15, 0.2) is 24.3 Å². The van der Waals surface area contributed by atoms with Crippen LogP contribution in [-0.4, -0.2) is 39.9 Å². The Labute approximate surface area is 169 Å². The number of nitrogens with zero attached hydrogens (tertiary/aromatic N) is 3. The summed E-state index contributed by atoms with van der Waals surface area (Å²) < 4.78 is 55.3. The lowest BCUT2D eigenvalue weighted by molar-refractivity contribution is -0.173. The van der Waals surface area contributed by atoms with E-state index in [2.05, 4.69) is 10.4 Å². The maximum absolute atomic E-state index is 13.8. The van der Waals surface area contributed by atoms with Crippen LogP contribution in [0.4, 0.5) is 23.4 Å². The van der Waals surface area contributed by atoms with Crippen LogP contribution in [-0.2, 0) is 0 Å². The molecule has 10 heteroatoms. The molecule has 0 spiro atoms. The molecule has 2 aliphatic heterocycles. The normalized spacial score (nSPS) is 22.2. The smallest absolute Gasteiger partial charge is 0.362 e. The van der Waals surface area contributed by atoms with Crippen LogP contribution < -0.4 is 5.32 Å². The van der Waals surface area contributed by atoms with E-state index in [4.69, 9.17) is 11.6 Å². The molecular formula is C19H19ClF4N4O. The molecule has 156 valence electrons. The first-order valence-electron chi connectivity index (χ1n) is 9.41. The molecule has 0 aliphatic carbocycles. The predicted molar refractivity (Wildman–Crippen MR) is 99.5 cm³/mol. The first kappa shape index (κ1) is 20.0. The lowest BCUT2D eigenvalue weighted by Crippen LogP contribution is -2.37. The second kappa shape index (κ2) is 7.51. The van der Waals surface area contributed by atoms with E-state index in [1.54, 1.807) is 4.90 Å². The number of carbonyl (C=O) groups excluding carboxylic acids is 1. The molecule has 5 nitrogen and oxygen atoms in total. The molecular weight excluding hydrogens is 412 g/mol. The van der Waals surface area contributed by atoms with Gasteiger partial charge < -0.3 is 10.2 Å². The molecule has 1 fully saturated rings. The molecule has 0 saturated carbocycles. The molecule has 2 atom stereocenters. The summed E-state index contributed by atoms with van der Waals surface area (Å²) in [4.78, 5) is 14.4. The van der Waals surface area contributed by atoms with E-state index >= 15 is 0 Å². The van der Waals surface area contributed by atoms with Gasteiger partial charge in [-0.1, -0.05) is 23.7 Å². The van der Waals surface area contributed by atoms with Gasteiger partial charge in [-0.3, -0.25) is 4.79 Å². The lowest BCUT2D eigenvalue weighted by Gasteiger charge is -2.33. The molecule has 1 saturated heterocycles. The Kier molecular flexibility index (Phi) is 5.18. The number of fused-ring (bicyclic) bond motifs is 1. The Bertz CT molecular complexity index is 906. The summed E-state index contributed by atoms with van der Waals surface area (Å²) >= 11 is 6.33. The minimum atomic E-state index is -4.59. The second-order valence-electron chi connectivity index (χ2n) is 7.35. The number of amides is 1. The number of piperidine rings is 1. The molecule has 0 radical (unpaired) electrons. The fourth-order valence-corrected chi connectivity index (χ4v) is 4.15. The Balaban J connectivity index is 1.71. The highest BCUT2D eigenvalue weighted by molar-refractivity contribution is 6.36. The van der Waals surface area contributed by atoms with Gasteiger partial charge in [-0.05, 0) is 37.0 Å². The zero-order valence-electron chi connectivity index (χ0n) is 15.3. The summed E-state index contributed by atoms with van der Waals surface area (Å²) in [6.07, 6.45) is -2.25. The highest BCUT2D eigenvalue weighted by Gasteiger charge is 2.48. The van der Waals surface area contributed by atoms with E-state index in [-0.39, 0.29) is 23.0 Å². The summed E-state index contributed by atoms with van der Waals surface area (Å²) in [5, 5.41) is 6.80. The Hall–Kier alpha value is -2.29. The third-order valence-electron chi connectivity index (χ3n) is 5.41. The van der Waals surface area contributed by atoms with E-state index < -0.39 is 30.0 Å². The number of hydrogen-bond acceptors (Lipinski definition) is 3. The average Bonchev–Trinajstić information content (AvgIpc) is 3.04. The second-order valence-corrected chi connectivity index (χ2v) is 7.73. The number of aromatic nitrogens is 2. The van der Waals surface area contributed by atoms with Gasteiger partial charge in [0.25, 0.3) is 5.91 Å². The number of halogens is 5. The fourth-order valence-electron chi connectivity index (χ4n) is 3.89. The van der Waals surface area contributed by atoms with Crippen LogP contribution in [0.25, 0.3) is 0 Å². The third-order valence-corrected chi connectivity index (χ3v) is 5.77. The molecule has 2 aliphatic rings. The van der Waals surface area contributed by atoms with E-state index in [1.807, 2.05) is 0 Å². The maximum atomic E-state index is 13.8. The van der Waals surface area contributed by atoms with Gasteiger partial charge >= 0.3 is 6.18 Å². The minimum Gasteiger partial charge on any atom is -0.362 e. The lowest BCUT2D eigenvalue weighted by atomic mass is 9.97. The zero-order chi connectivity index (χ0) is 20.8. The van der Waals surface area contributed by atoms with Gasteiger partial charge in [0.05, 0.1) is 6.04 Å². The molecule has 1 amide bonds. The third kappa shape index (κ3) is 3.80. The van der Waals surface area contributed by atoms with Crippen LogP contribution in [0.3, 0.4) is 0 Å². The van der Waals surface area contributed by atoms with Gasteiger partial charge in [0.2, 0.25) is 0 Å². The van der Waals surface area contributed by atoms with Crippen LogP contribution in [0.5, 0.6) is 0 Å². The van der Waals surface area contributed by atoms with Crippen LogP contribution in [0.2, 0.25) is 5.02 Å². The largest absolute Gasteiger partial charge is 0.410 e. The van der Waals surface area contributed by atoms with Gasteiger partial charge in [0.15, 0.2) is 11.7 Å². The average molecular weight is 431 g/mol. The predicted octanol–water partition coefficient (Wildman–Crippen LogP) is 4.96. The number of carbonyl (C=O) groups is 1. The standard InChI is InChI=1S/C19H19ClF4N4O/c20-15-16(18(29)27-8-2-1-3-9-27)26-28-14(19(22,23)24)10-13(25-17(15)28)11-4-6-12(21)7-5-11/h4-7,13-14,25H,1-3,8-10H2/t13-,14-/m1/s1. The van der Waals surface area contributed by atoms with Crippen molar-refractivity contribution >= 4 is 23.3 Å². The van der Waals surface area contributed by atoms with Crippen molar-refractivity contribution < 1.29 is 22.4 Å². The fraction of sp³-hybridized carbons (Fsp3) is 0.474. The summed E-state index contributed by atoms with van der Waals surface area (Å²) in [7, 11) is 0. The van der Waals surface area contributed by atoms with Gasteiger partial charge in [-0.25, -0.2) is 9.07 Å². The summed E-state index contributed by atoms with van der Waals surface area (Å²) in [5.41, 5.74) is 0.318. The van der Waals surface area contributed by atoms with Crippen molar-refractivity contribution in [2.75, 3.05) is 18.4 Å². The quantitative estimate of drug-likeness (QED) is 0.685. The van der Waals surface area contributed by atoms with Crippen molar-refractivity contribution in [2.24, 2.45) is 0 Å². The molecule has 0 unspecified atom stereocenters. The molecule has 1 aromatic heterocycles. The van der Waals surface area contributed by atoms with E-state index in [0.717, 1.165) is 23.9 Å². The van der Waals surface area contributed by atoms with E-state index in [0.29, 0.717) is 18.7 Å². The molecule has 2 aromatic rings. The van der Waals surface area contributed by atoms with Gasteiger partial charge in [0.1, 0.15) is 16.7 Å². The summed E-state index contributed by atoms with van der Waals surface area (Å²) in [5.74, 6) is -0.984. The van der Waals surface area contributed by atoms with E-state index in [1.165, 1.54) is 24.3 Å². The first-order chi connectivity index (χ1) is 13.8. The highest BCUT2D eigenvalue weighted by Crippen LogP contribution is 2.46. The van der Waals surface area contributed by atoms with Gasteiger partial charge in [0, 0.05) is 19.5 Å². The topological polar surface area (TPSA) is 50.2 Å². The molecule has 29 heavy (non-hydrogen) atoms. The molecule has 1 N–H and O–H groups in total. The van der Waals surface area contributed by atoms with Crippen molar-refractivity contribution in [2.45, 2.75) is 43.9 Å². The van der Waals surface area contributed by atoms with E-state index in [9.17, 15) is 22.4 Å². The Morgan fingerprint density at radius 2 is 1.79 bits per heavy atom. The van der Waals surface area contributed by atoms with Crippen molar-refractivity contribution in [3.63, 3.8) is 0 Å². The number of alkyl halides is 3. The number of likely N-dealkylation sites (tertiary alicyclic amines) is 1. The number of nitrogens with one attached hydrogen (secondary N) is 1. The number of benzene rings is 1. The van der Waals surface area contributed by atoms with Crippen LogP contribution >= 0.6 is 11.6 Å². The maximum Gasteiger partial charge on any atom is 0.410 e. The molecule has 3 heterocycles. The molecule has 4 rings (SSSR count).